The van der Waals surface area contributed by atoms with Crippen LogP contribution in [0.5, 0.6) is 0 Å². The Bertz CT molecular complexity index is 1520. The van der Waals surface area contributed by atoms with E-state index in [-0.39, 0.29) is 5.95 Å². The van der Waals surface area contributed by atoms with Crippen LogP contribution in [0.3, 0.4) is 0 Å². The molecule has 1 fully saturated rings. The minimum Gasteiger partial charge on any atom is -0.465 e. The molecule has 13 nitrogen and oxygen atoms in total. The van der Waals surface area contributed by atoms with E-state index in [9.17, 15) is 19.5 Å². The molecule has 1 aliphatic carbocycles. The number of aryl methyl sites for hydroxylation is 2. The van der Waals surface area contributed by atoms with Crippen molar-refractivity contribution in [3.05, 3.63) is 30.0 Å². The average Bonchev–Trinajstić information content (AvgIpc) is 3.24. The lowest BCUT2D eigenvalue weighted by Gasteiger charge is -2.38. The molecule has 1 saturated carbocycles. The summed E-state index contributed by atoms with van der Waals surface area (Å²) >= 11 is 0. The molecule has 1 aromatic carbocycles. The number of rotatable bonds is 5. The third-order valence-electron chi connectivity index (χ3n) is 7.32. The Hall–Kier alpha value is -4.42. The lowest BCUT2D eigenvalue weighted by atomic mass is 9.89. The number of nitrogens with zero attached hydrogens (tertiary/aromatic N) is 6. The summed E-state index contributed by atoms with van der Waals surface area (Å²) in [5.74, 6) is 0.496. The van der Waals surface area contributed by atoms with Crippen molar-refractivity contribution in [3.8, 4) is 11.3 Å². The first-order valence-corrected chi connectivity index (χ1v) is 14.8. The van der Waals surface area contributed by atoms with Gasteiger partial charge in [0, 0.05) is 42.3 Å². The van der Waals surface area contributed by atoms with Gasteiger partial charge in [0.05, 0.1) is 11.2 Å². The number of hydrogen-bond acceptors (Lipinski definition) is 9. The monoisotopic (exact) mass is 609 g/mol. The highest BCUT2D eigenvalue weighted by Crippen LogP contribution is 2.33. The molecule has 0 bridgehead atoms. The molecule has 0 atom stereocenters. The predicted octanol–water partition coefficient (Wildman–Crippen LogP) is 6.14. The number of hydrogen-bond donors (Lipinski definition) is 2. The molecule has 0 saturated heterocycles. The Morgan fingerprint density at radius 3 is 2.02 bits per heavy atom. The first kappa shape index (κ1) is 32.5. The van der Waals surface area contributed by atoms with Crippen LogP contribution in [0.2, 0.25) is 0 Å². The number of benzene rings is 1. The number of carbonyl (C=O) groups excluding carboxylic acids is 2. The van der Waals surface area contributed by atoms with Gasteiger partial charge in [-0.2, -0.15) is 5.10 Å². The van der Waals surface area contributed by atoms with E-state index < -0.39 is 41.6 Å². The molecule has 44 heavy (non-hydrogen) atoms. The first-order valence-electron chi connectivity index (χ1n) is 14.8. The summed E-state index contributed by atoms with van der Waals surface area (Å²) in [6.07, 6.45) is 1.02. The van der Waals surface area contributed by atoms with Gasteiger partial charge >= 0.3 is 18.3 Å². The van der Waals surface area contributed by atoms with E-state index in [1.807, 2.05) is 26.1 Å². The largest absolute Gasteiger partial charge is 0.465 e. The topological polar surface area (TPSA) is 166 Å². The van der Waals surface area contributed by atoms with Gasteiger partial charge in [-0.3, -0.25) is 4.68 Å². The Morgan fingerprint density at radius 1 is 0.977 bits per heavy atom. The van der Waals surface area contributed by atoms with Crippen molar-refractivity contribution in [2.45, 2.75) is 104 Å². The number of anilines is 2. The maximum atomic E-state index is 13.1. The Labute approximate surface area is 257 Å². The standard InChI is InChI=1S/C31H43N7O6/c1-9-18-14-19(23-16-24(32)35-36(23)8)15-20-17-33-26(34-25(18)20)37(27(39)40)21-10-12-22(13-11-21)38(28(41)43-30(2,3)4)29(42)44-31(5,6)7/h14-17,21-22H,9-13H2,1-8H3,(H2,32,35)(H,39,40). The second-order valence-electron chi connectivity index (χ2n) is 13.1. The second kappa shape index (κ2) is 12.3. The molecule has 13 heteroatoms. The van der Waals surface area contributed by atoms with Crippen LogP contribution < -0.4 is 10.6 Å². The molecular weight excluding hydrogens is 566 g/mol. The molecular formula is C31H43N7O6. The molecule has 2 heterocycles. The van der Waals surface area contributed by atoms with Gasteiger partial charge in [-0.05, 0) is 91.3 Å². The van der Waals surface area contributed by atoms with Crippen molar-refractivity contribution in [2.24, 2.45) is 7.05 Å². The van der Waals surface area contributed by atoms with Crippen molar-refractivity contribution in [2.75, 3.05) is 10.6 Å². The first-order chi connectivity index (χ1) is 20.5. The number of imide groups is 1. The highest BCUT2D eigenvalue weighted by atomic mass is 16.6. The van der Waals surface area contributed by atoms with Crippen molar-refractivity contribution >= 4 is 40.9 Å². The van der Waals surface area contributed by atoms with Crippen molar-refractivity contribution in [1.82, 2.24) is 24.6 Å². The number of nitrogens with two attached hydrogens (primary N) is 1. The van der Waals surface area contributed by atoms with E-state index in [1.165, 1.54) is 4.90 Å². The lowest BCUT2D eigenvalue weighted by molar-refractivity contribution is -0.0112. The van der Waals surface area contributed by atoms with Gasteiger partial charge in [0.25, 0.3) is 0 Å². The molecule has 3 amide bonds. The quantitative estimate of drug-likeness (QED) is 0.343. The molecule has 0 radical (unpaired) electrons. The molecule has 2 aromatic heterocycles. The molecule has 4 rings (SSSR count). The van der Waals surface area contributed by atoms with Gasteiger partial charge in [-0.15, -0.1) is 0 Å². The van der Waals surface area contributed by atoms with Crippen LogP contribution in [-0.4, -0.2) is 71.3 Å². The van der Waals surface area contributed by atoms with Gasteiger partial charge in [0.2, 0.25) is 5.95 Å². The normalized spacial score (nSPS) is 17.3. The van der Waals surface area contributed by atoms with Crippen LogP contribution in [-0.2, 0) is 22.9 Å². The van der Waals surface area contributed by atoms with Crippen molar-refractivity contribution in [1.29, 1.82) is 0 Å². The SMILES string of the molecule is CCc1cc(-c2cc(N)nn2C)cc2cnc(N(C(=O)O)C3CCC(N(C(=O)OC(C)(C)C)C(=O)OC(C)(C)C)CC3)nc12. The van der Waals surface area contributed by atoms with E-state index in [0.717, 1.165) is 27.1 Å². The van der Waals surface area contributed by atoms with E-state index in [4.69, 9.17) is 20.2 Å². The summed E-state index contributed by atoms with van der Waals surface area (Å²) in [5, 5.41) is 15.3. The molecule has 0 spiro atoms. The average molecular weight is 610 g/mol. The zero-order chi connectivity index (χ0) is 32.6. The van der Waals surface area contributed by atoms with E-state index in [1.54, 1.807) is 58.5 Å². The fraction of sp³-hybridized carbons (Fsp3) is 0.548. The van der Waals surface area contributed by atoms with Crippen molar-refractivity contribution < 1.29 is 29.0 Å². The second-order valence-corrected chi connectivity index (χ2v) is 13.1. The van der Waals surface area contributed by atoms with Gasteiger partial charge in [-0.1, -0.05) is 6.92 Å². The summed E-state index contributed by atoms with van der Waals surface area (Å²) in [5.41, 5.74) is 7.61. The third-order valence-corrected chi connectivity index (χ3v) is 7.32. The molecule has 0 aliphatic heterocycles. The number of ether oxygens (including phenoxy) is 2. The smallest absolute Gasteiger partial charge is 0.420 e. The van der Waals surface area contributed by atoms with Crippen LogP contribution in [0.1, 0.15) is 79.7 Å². The summed E-state index contributed by atoms with van der Waals surface area (Å²) < 4.78 is 12.8. The Morgan fingerprint density at radius 2 is 1.55 bits per heavy atom. The van der Waals surface area contributed by atoms with E-state index >= 15 is 0 Å². The maximum absolute atomic E-state index is 13.1. The molecule has 1 aliphatic rings. The fourth-order valence-corrected chi connectivity index (χ4v) is 5.48. The van der Waals surface area contributed by atoms with E-state index in [2.05, 4.69) is 10.1 Å². The van der Waals surface area contributed by atoms with Gasteiger partial charge < -0.3 is 20.3 Å². The maximum Gasteiger partial charge on any atom is 0.420 e. The summed E-state index contributed by atoms with van der Waals surface area (Å²) in [6, 6.07) is 4.77. The fourth-order valence-electron chi connectivity index (χ4n) is 5.48. The van der Waals surface area contributed by atoms with Crippen LogP contribution in [0.4, 0.5) is 26.1 Å². The lowest BCUT2D eigenvalue weighted by Crippen LogP contribution is -2.52. The highest BCUT2D eigenvalue weighted by Gasteiger charge is 2.40. The van der Waals surface area contributed by atoms with Crippen molar-refractivity contribution in [3.63, 3.8) is 0 Å². The Balaban J connectivity index is 1.59. The summed E-state index contributed by atoms with van der Waals surface area (Å²) in [7, 11) is 1.82. The van der Waals surface area contributed by atoms with Gasteiger partial charge in [0.1, 0.15) is 17.0 Å². The number of carbonyl (C=O) groups is 3. The predicted molar refractivity (Wildman–Crippen MR) is 166 cm³/mol. The zero-order valence-corrected chi connectivity index (χ0v) is 26.7. The van der Waals surface area contributed by atoms with Crippen LogP contribution in [0.15, 0.2) is 24.4 Å². The minimum absolute atomic E-state index is 0.0804. The third kappa shape index (κ3) is 7.37. The van der Waals surface area contributed by atoms with Crippen LogP contribution in [0.25, 0.3) is 22.2 Å². The van der Waals surface area contributed by atoms with Gasteiger partial charge in [-0.25, -0.2) is 34.2 Å². The molecule has 0 unspecified atom stereocenters. The minimum atomic E-state index is -1.18. The zero-order valence-electron chi connectivity index (χ0n) is 26.7. The number of amides is 3. The number of nitrogen functional groups attached to an aromatic ring is 1. The highest BCUT2D eigenvalue weighted by molar-refractivity contribution is 5.91. The van der Waals surface area contributed by atoms with Crippen LogP contribution >= 0.6 is 0 Å². The summed E-state index contributed by atoms with van der Waals surface area (Å²) in [4.78, 5) is 50.2. The Kier molecular flexibility index (Phi) is 9.08. The summed E-state index contributed by atoms with van der Waals surface area (Å²) in [6.45, 7) is 12.4. The van der Waals surface area contributed by atoms with Gasteiger partial charge in [0.15, 0.2) is 0 Å². The number of fused-ring (bicyclic) bond motifs is 1. The number of carboxylic acid groups (broad SMARTS) is 1. The van der Waals surface area contributed by atoms with E-state index in [0.29, 0.717) is 43.4 Å². The molecule has 3 N–H and O–H groups in total. The molecule has 3 aromatic rings. The number of aromatic nitrogens is 4. The molecule has 238 valence electrons. The van der Waals surface area contributed by atoms with Crippen LogP contribution in [0, 0.1) is 0 Å².